The average molecular weight is 290 g/mol. The van der Waals surface area contributed by atoms with Gasteiger partial charge in [0.2, 0.25) is 5.95 Å². The summed E-state index contributed by atoms with van der Waals surface area (Å²) in [5.74, 6) is 2.55. The highest BCUT2D eigenvalue weighted by Gasteiger charge is 2.18. The van der Waals surface area contributed by atoms with Crippen molar-refractivity contribution in [2.24, 2.45) is 5.92 Å². The topological polar surface area (TPSA) is 49.8 Å². The molecule has 20 heavy (non-hydrogen) atoms. The largest absolute Gasteiger partial charge is 0.367 e. The van der Waals surface area contributed by atoms with Crippen molar-refractivity contribution in [1.29, 1.82) is 0 Å². The fourth-order valence-electron chi connectivity index (χ4n) is 2.90. The first-order valence-electron chi connectivity index (χ1n) is 7.46. The summed E-state index contributed by atoms with van der Waals surface area (Å²) in [7, 11) is 1.87. The molecule has 0 amide bonds. The van der Waals surface area contributed by atoms with Crippen LogP contribution in [0.1, 0.15) is 39.0 Å². The van der Waals surface area contributed by atoms with E-state index in [4.69, 9.17) is 0 Å². The van der Waals surface area contributed by atoms with Gasteiger partial charge >= 0.3 is 0 Å². The molecule has 1 aliphatic carbocycles. The molecule has 108 valence electrons. The minimum atomic E-state index is 0.544. The first-order chi connectivity index (χ1) is 9.76. The normalized spacial score (nSPS) is 23.5. The third-order valence-electron chi connectivity index (χ3n) is 4.15. The van der Waals surface area contributed by atoms with E-state index in [1.165, 1.54) is 32.1 Å². The Morgan fingerprint density at radius 3 is 2.95 bits per heavy atom. The number of thiophene rings is 1. The second-order valence-electron chi connectivity index (χ2n) is 5.74. The van der Waals surface area contributed by atoms with E-state index in [-0.39, 0.29) is 0 Å². The van der Waals surface area contributed by atoms with Crippen molar-refractivity contribution in [3.63, 3.8) is 0 Å². The molecule has 2 atom stereocenters. The van der Waals surface area contributed by atoms with Gasteiger partial charge in [-0.3, -0.25) is 0 Å². The van der Waals surface area contributed by atoms with E-state index in [0.29, 0.717) is 12.0 Å². The molecule has 1 aliphatic rings. The van der Waals surface area contributed by atoms with Crippen LogP contribution in [0.3, 0.4) is 0 Å². The van der Waals surface area contributed by atoms with Crippen molar-refractivity contribution in [1.82, 2.24) is 9.97 Å². The second kappa shape index (κ2) is 5.95. The van der Waals surface area contributed by atoms with Crippen molar-refractivity contribution in [3.05, 3.63) is 11.4 Å². The molecule has 2 aromatic heterocycles. The van der Waals surface area contributed by atoms with Crippen LogP contribution >= 0.6 is 11.3 Å². The molecule has 0 aromatic carbocycles. The van der Waals surface area contributed by atoms with Crippen LogP contribution in [0.4, 0.5) is 11.8 Å². The number of nitrogens with zero attached hydrogens (tertiary/aromatic N) is 2. The van der Waals surface area contributed by atoms with E-state index >= 15 is 0 Å². The van der Waals surface area contributed by atoms with Crippen LogP contribution in [0.15, 0.2) is 11.4 Å². The van der Waals surface area contributed by atoms with E-state index in [1.54, 1.807) is 11.3 Å². The zero-order valence-electron chi connectivity index (χ0n) is 12.1. The predicted molar refractivity (Wildman–Crippen MR) is 86.6 cm³/mol. The Hall–Kier alpha value is -1.36. The highest BCUT2D eigenvalue weighted by Crippen LogP contribution is 2.29. The molecule has 5 heteroatoms. The summed E-state index contributed by atoms with van der Waals surface area (Å²) in [5, 5.41) is 9.94. The van der Waals surface area contributed by atoms with E-state index in [1.807, 2.05) is 7.05 Å². The Labute approximate surface area is 124 Å². The van der Waals surface area contributed by atoms with Crippen LogP contribution in [0.2, 0.25) is 0 Å². The van der Waals surface area contributed by atoms with Crippen LogP contribution in [-0.4, -0.2) is 23.1 Å². The molecular weight excluding hydrogens is 268 g/mol. The highest BCUT2D eigenvalue weighted by molar-refractivity contribution is 7.16. The maximum atomic E-state index is 4.61. The van der Waals surface area contributed by atoms with Gasteiger partial charge in [-0.1, -0.05) is 19.8 Å². The standard InChI is InChI=1S/C15H22N4S/c1-10-4-3-5-11(7-6-10)17-13-12-8-9-20-14(12)19-15(16-2)18-13/h8-11H,3-7H2,1-2H3,(H2,16,17,18,19). The zero-order valence-corrected chi connectivity index (χ0v) is 13.0. The first-order valence-corrected chi connectivity index (χ1v) is 8.33. The lowest BCUT2D eigenvalue weighted by Gasteiger charge is -2.18. The SMILES string of the molecule is CNc1nc(NC2CCCC(C)CC2)c2ccsc2n1. The number of rotatable bonds is 3. The number of hydrogen-bond acceptors (Lipinski definition) is 5. The van der Waals surface area contributed by atoms with Gasteiger partial charge in [0.05, 0.1) is 5.39 Å². The maximum absolute atomic E-state index is 4.61. The summed E-state index contributed by atoms with van der Waals surface area (Å²) in [6.07, 6.45) is 6.47. The molecule has 2 aromatic rings. The van der Waals surface area contributed by atoms with Crippen molar-refractivity contribution in [3.8, 4) is 0 Å². The van der Waals surface area contributed by atoms with Crippen molar-refractivity contribution < 1.29 is 0 Å². The second-order valence-corrected chi connectivity index (χ2v) is 6.63. The monoisotopic (exact) mass is 290 g/mol. The number of anilines is 2. The van der Waals surface area contributed by atoms with Gasteiger partial charge in [-0.2, -0.15) is 4.98 Å². The van der Waals surface area contributed by atoms with Gasteiger partial charge in [0, 0.05) is 13.1 Å². The summed E-state index contributed by atoms with van der Waals surface area (Å²) in [6.45, 7) is 2.36. The van der Waals surface area contributed by atoms with Crippen LogP contribution in [0.5, 0.6) is 0 Å². The minimum absolute atomic E-state index is 0.544. The quantitative estimate of drug-likeness (QED) is 0.835. The molecule has 2 N–H and O–H groups in total. The lowest BCUT2D eigenvalue weighted by Crippen LogP contribution is -2.19. The molecule has 4 nitrogen and oxygen atoms in total. The fourth-order valence-corrected chi connectivity index (χ4v) is 3.67. The highest BCUT2D eigenvalue weighted by atomic mass is 32.1. The van der Waals surface area contributed by atoms with Crippen LogP contribution in [0, 0.1) is 5.92 Å². The van der Waals surface area contributed by atoms with Crippen molar-refractivity contribution in [2.75, 3.05) is 17.7 Å². The van der Waals surface area contributed by atoms with Crippen LogP contribution in [-0.2, 0) is 0 Å². The number of fused-ring (bicyclic) bond motifs is 1. The molecule has 3 rings (SSSR count). The van der Waals surface area contributed by atoms with E-state index in [2.05, 4.69) is 39.0 Å². The molecule has 1 saturated carbocycles. The molecule has 0 aliphatic heterocycles. The molecule has 0 spiro atoms. The fraction of sp³-hybridized carbons (Fsp3) is 0.600. The molecule has 0 radical (unpaired) electrons. The van der Waals surface area contributed by atoms with Gasteiger partial charge < -0.3 is 10.6 Å². The summed E-state index contributed by atoms with van der Waals surface area (Å²) >= 11 is 1.67. The van der Waals surface area contributed by atoms with Gasteiger partial charge in [-0.15, -0.1) is 11.3 Å². The Kier molecular flexibility index (Phi) is 4.05. The van der Waals surface area contributed by atoms with Gasteiger partial charge in [0.15, 0.2) is 0 Å². The first kappa shape index (κ1) is 13.6. The molecular formula is C15H22N4S. The van der Waals surface area contributed by atoms with E-state index in [9.17, 15) is 0 Å². The van der Waals surface area contributed by atoms with Gasteiger partial charge in [0.25, 0.3) is 0 Å². The molecule has 1 fully saturated rings. The van der Waals surface area contributed by atoms with Crippen molar-refractivity contribution >= 4 is 33.3 Å². The summed E-state index contributed by atoms with van der Waals surface area (Å²) < 4.78 is 0. The van der Waals surface area contributed by atoms with Crippen LogP contribution in [0.25, 0.3) is 10.2 Å². The molecule has 2 heterocycles. The van der Waals surface area contributed by atoms with Gasteiger partial charge in [-0.05, 0) is 36.6 Å². The van der Waals surface area contributed by atoms with Gasteiger partial charge in [-0.25, -0.2) is 4.98 Å². The van der Waals surface area contributed by atoms with Crippen LogP contribution < -0.4 is 10.6 Å². The predicted octanol–water partition coefficient (Wildman–Crippen LogP) is 4.11. The smallest absolute Gasteiger partial charge is 0.225 e. The van der Waals surface area contributed by atoms with Gasteiger partial charge in [0.1, 0.15) is 10.6 Å². The maximum Gasteiger partial charge on any atom is 0.225 e. The number of nitrogens with one attached hydrogen (secondary N) is 2. The minimum Gasteiger partial charge on any atom is -0.367 e. The third-order valence-corrected chi connectivity index (χ3v) is 4.95. The Morgan fingerprint density at radius 2 is 2.10 bits per heavy atom. The number of aromatic nitrogens is 2. The lowest BCUT2D eigenvalue weighted by molar-refractivity contribution is 0.502. The average Bonchev–Trinajstić information content (AvgIpc) is 2.83. The van der Waals surface area contributed by atoms with E-state index in [0.717, 1.165) is 22.0 Å². The lowest BCUT2D eigenvalue weighted by atomic mass is 10.0. The van der Waals surface area contributed by atoms with Crippen molar-refractivity contribution in [2.45, 2.75) is 45.1 Å². The molecule has 0 saturated heterocycles. The Bertz CT molecular complexity index is 580. The summed E-state index contributed by atoms with van der Waals surface area (Å²) in [6, 6.07) is 2.66. The number of hydrogen-bond donors (Lipinski definition) is 2. The molecule has 0 bridgehead atoms. The summed E-state index contributed by atoms with van der Waals surface area (Å²) in [4.78, 5) is 10.2. The Morgan fingerprint density at radius 1 is 1.20 bits per heavy atom. The zero-order chi connectivity index (χ0) is 13.9. The molecule has 2 unspecified atom stereocenters. The van der Waals surface area contributed by atoms with E-state index < -0.39 is 0 Å². The Balaban J connectivity index is 1.84. The third kappa shape index (κ3) is 2.87. The summed E-state index contributed by atoms with van der Waals surface area (Å²) in [5.41, 5.74) is 0.